The van der Waals surface area contributed by atoms with E-state index in [0.717, 1.165) is 12.6 Å². The number of aromatic nitrogens is 1. The zero-order valence-electron chi connectivity index (χ0n) is 11.0. The lowest BCUT2D eigenvalue weighted by molar-refractivity contribution is 0.0696. The van der Waals surface area contributed by atoms with E-state index >= 15 is 0 Å². The molecule has 1 N–H and O–H groups in total. The largest absolute Gasteiger partial charge is 0.478 e. The summed E-state index contributed by atoms with van der Waals surface area (Å²) in [7, 11) is -2.07. The van der Waals surface area contributed by atoms with Gasteiger partial charge in [0.2, 0.25) is 0 Å². The van der Waals surface area contributed by atoms with Crippen molar-refractivity contribution in [2.24, 2.45) is 5.92 Å². The van der Waals surface area contributed by atoms with E-state index in [4.69, 9.17) is 9.84 Å². The monoisotopic (exact) mass is 300 g/mol. The number of hydrogen-bond acceptors (Lipinski definition) is 5. The van der Waals surface area contributed by atoms with E-state index in [9.17, 15) is 13.2 Å². The summed E-state index contributed by atoms with van der Waals surface area (Å²) >= 11 is 0. The van der Waals surface area contributed by atoms with Crippen molar-refractivity contribution in [1.82, 2.24) is 9.29 Å². The lowest BCUT2D eigenvalue weighted by Gasteiger charge is -2.15. The normalized spacial score (nSPS) is 20.1. The molecule has 1 aliphatic rings. The smallest absolute Gasteiger partial charge is 0.337 e. The molecule has 2 rings (SSSR count). The topological polar surface area (TPSA) is 96.8 Å². The molecular weight excluding hydrogens is 284 g/mol. The number of sulfonamides is 1. The molecule has 0 aliphatic carbocycles. The van der Waals surface area contributed by atoms with Crippen molar-refractivity contribution >= 4 is 16.0 Å². The molecule has 1 saturated heterocycles. The van der Waals surface area contributed by atoms with Crippen LogP contribution in [0.2, 0.25) is 0 Å². The number of rotatable bonds is 5. The molecule has 7 nitrogen and oxygen atoms in total. The van der Waals surface area contributed by atoms with E-state index in [1.807, 2.05) is 0 Å². The Hall–Kier alpha value is -1.51. The molecule has 0 radical (unpaired) electrons. The van der Waals surface area contributed by atoms with Crippen LogP contribution in [0.25, 0.3) is 0 Å². The van der Waals surface area contributed by atoms with E-state index in [2.05, 4.69) is 4.98 Å². The number of ether oxygens (including phenoxy) is 1. The molecule has 0 spiro atoms. The third-order valence-electron chi connectivity index (χ3n) is 3.24. The van der Waals surface area contributed by atoms with Gasteiger partial charge in [0.15, 0.2) is 5.03 Å². The molecule has 1 fully saturated rings. The highest BCUT2D eigenvalue weighted by Crippen LogP contribution is 2.23. The molecule has 1 aromatic rings. The summed E-state index contributed by atoms with van der Waals surface area (Å²) in [5.41, 5.74) is -0.0392. The number of nitrogens with zero attached hydrogens (tertiary/aromatic N) is 2. The standard InChI is InChI=1S/C12H16N2O5S/c1-19-8-9-4-5-14(7-9)20(17,18)11-3-2-10(6-13-11)12(15)16/h2-3,6,9H,4-5,7-8H2,1H3,(H,15,16). The van der Waals surface area contributed by atoms with Gasteiger partial charge < -0.3 is 9.84 Å². The van der Waals surface area contributed by atoms with Crippen molar-refractivity contribution in [2.75, 3.05) is 26.8 Å². The van der Waals surface area contributed by atoms with E-state index in [1.54, 1.807) is 7.11 Å². The molecule has 110 valence electrons. The zero-order valence-corrected chi connectivity index (χ0v) is 11.8. The minimum absolute atomic E-state index is 0.0392. The minimum atomic E-state index is -3.66. The molecule has 0 saturated carbocycles. The van der Waals surface area contributed by atoms with Gasteiger partial charge in [-0.3, -0.25) is 0 Å². The van der Waals surface area contributed by atoms with Crippen LogP contribution in [0, 0.1) is 5.92 Å². The Labute approximate surface area is 117 Å². The predicted octanol–water partition coefficient (Wildman–Crippen LogP) is 0.437. The van der Waals surface area contributed by atoms with E-state index in [0.29, 0.717) is 19.7 Å². The predicted molar refractivity (Wildman–Crippen MR) is 69.9 cm³/mol. The van der Waals surface area contributed by atoms with Crippen molar-refractivity contribution < 1.29 is 23.1 Å². The van der Waals surface area contributed by atoms with Crippen molar-refractivity contribution in [3.63, 3.8) is 0 Å². The van der Waals surface area contributed by atoms with Crippen LogP contribution in [0.15, 0.2) is 23.4 Å². The maximum atomic E-state index is 12.3. The van der Waals surface area contributed by atoms with Crippen LogP contribution in [0.4, 0.5) is 0 Å². The molecule has 1 atom stereocenters. The molecule has 0 bridgehead atoms. The van der Waals surface area contributed by atoms with Gasteiger partial charge in [0, 0.05) is 26.4 Å². The van der Waals surface area contributed by atoms with Crippen molar-refractivity contribution in [3.05, 3.63) is 23.9 Å². The average molecular weight is 300 g/mol. The number of pyridine rings is 1. The molecule has 0 amide bonds. The summed E-state index contributed by atoms with van der Waals surface area (Å²) in [6.45, 7) is 1.36. The van der Waals surface area contributed by atoms with Gasteiger partial charge in [0.25, 0.3) is 10.0 Å². The van der Waals surface area contributed by atoms with Crippen LogP contribution in [0.5, 0.6) is 0 Å². The zero-order chi connectivity index (χ0) is 14.8. The average Bonchev–Trinajstić information content (AvgIpc) is 2.88. The van der Waals surface area contributed by atoms with Crippen LogP contribution in [0.1, 0.15) is 16.8 Å². The second-order valence-corrected chi connectivity index (χ2v) is 6.55. The summed E-state index contributed by atoms with van der Waals surface area (Å²) in [6, 6.07) is 2.47. The molecule has 2 heterocycles. The Kier molecular flexibility index (Phi) is 4.36. The Morgan fingerprint density at radius 1 is 1.55 bits per heavy atom. The molecular formula is C12H16N2O5S. The summed E-state index contributed by atoms with van der Waals surface area (Å²) in [5.74, 6) is -0.948. The molecule has 1 aromatic heterocycles. The van der Waals surface area contributed by atoms with Crippen LogP contribution in [-0.4, -0.2) is 55.6 Å². The van der Waals surface area contributed by atoms with Crippen LogP contribution >= 0.6 is 0 Å². The number of carboxylic acid groups (broad SMARTS) is 1. The first-order chi connectivity index (χ1) is 9.45. The van der Waals surface area contributed by atoms with Gasteiger partial charge in [-0.15, -0.1) is 0 Å². The number of carboxylic acids is 1. The first kappa shape index (κ1) is 14.9. The van der Waals surface area contributed by atoms with Gasteiger partial charge in [-0.2, -0.15) is 4.31 Å². The molecule has 1 unspecified atom stereocenters. The summed E-state index contributed by atoms with van der Waals surface area (Å²) < 4.78 is 31.1. The quantitative estimate of drug-likeness (QED) is 0.847. The van der Waals surface area contributed by atoms with Gasteiger partial charge in [0.05, 0.1) is 12.2 Å². The Morgan fingerprint density at radius 3 is 2.85 bits per heavy atom. The molecule has 20 heavy (non-hydrogen) atoms. The van der Waals surface area contributed by atoms with Crippen LogP contribution < -0.4 is 0 Å². The van der Waals surface area contributed by atoms with E-state index < -0.39 is 16.0 Å². The maximum Gasteiger partial charge on any atom is 0.337 e. The van der Waals surface area contributed by atoms with Gasteiger partial charge in [-0.05, 0) is 24.5 Å². The fourth-order valence-corrected chi connectivity index (χ4v) is 3.62. The van der Waals surface area contributed by atoms with Crippen LogP contribution in [-0.2, 0) is 14.8 Å². The van der Waals surface area contributed by atoms with Crippen LogP contribution in [0.3, 0.4) is 0 Å². The van der Waals surface area contributed by atoms with Gasteiger partial charge in [0.1, 0.15) is 0 Å². The van der Waals surface area contributed by atoms with Gasteiger partial charge in [-0.1, -0.05) is 0 Å². The second-order valence-electron chi connectivity index (χ2n) is 4.66. The maximum absolute atomic E-state index is 12.3. The summed E-state index contributed by atoms with van der Waals surface area (Å²) in [4.78, 5) is 14.5. The summed E-state index contributed by atoms with van der Waals surface area (Å²) in [6.07, 6.45) is 1.80. The minimum Gasteiger partial charge on any atom is -0.478 e. The fraction of sp³-hybridized carbons (Fsp3) is 0.500. The highest BCUT2D eigenvalue weighted by Gasteiger charge is 2.33. The van der Waals surface area contributed by atoms with Gasteiger partial charge in [-0.25, -0.2) is 18.2 Å². The fourth-order valence-electron chi connectivity index (χ4n) is 2.18. The number of hydrogen-bond donors (Lipinski definition) is 1. The molecule has 0 aromatic carbocycles. The second kappa shape index (κ2) is 5.86. The number of aromatic carboxylic acids is 1. The Morgan fingerprint density at radius 2 is 2.30 bits per heavy atom. The van der Waals surface area contributed by atoms with Crippen molar-refractivity contribution in [2.45, 2.75) is 11.4 Å². The van der Waals surface area contributed by atoms with Gasteiger partial charge >= 0.3 is 5.97 Å². The number of methoxy groups -OCH3 is 1. The lowest BCUT2D eigenvalue weighted by atomic mass is 10.1. The van der Waals surface area contributed by atoms with Crippen molar-refractivity contribution in [1.29, 1.82) is 0 Å². The third kappa shape index (κ3) is 2.97. The molecule has 1 aliphatic heterocycles. The first-order valence-corrected chi connectivity index (χ1v) is 7.57. The number of carbonyl (C=O) groups is 1. The Balaban J connectivity index is 2.16. The summed E-state index contributed by atoms with van der Waals surface area (Å²) in [5, 5.41) is 8.65. The van der Waals surface area contributed by atoms with E-state index in [1.165, 1.54) is 16.4 Å². The lowest BCUT2D eigenvalue weighted by Crippen LogP contribution is -2.30. The van der Waals surface area contributed by atoms with E-state index in [-0.39, 0.29) is 16.5 Å². The van der Waals surface area contributed by atoms with Crippen molar-refractivity contribution in [3.8, 4) is 0 Å². The highest BCUT2D eigenvalue weighted by molar-refractivity contribution is 7.89. The first-order valence-electron chi connectivity index (χ1n) is 6.13. The SMILES string of the molecule is COCC1CCN(S(=O)(=O)c2ccc(C(=O)O)cn2)C1. The third-order valence-corrected chi connectivity index (χ3v) is 5.02. The Bertz CT molecular complexity index is 584. The molecule has 8 heteroatoms. The highest BCUT2D eigenvalue weighted by atomic mass is 32.2.